The number of ether oxygens (including phenoxy) is 1. The lowest BCUT2D eigenvalue weighted by molar-refractivity contribution is 0.232. The van der Waals surface area contributed by atoms with Crippen LogP contribution in [0, 0.1) is 0 Å². The summed E-state index contributed by atoms with van der Waals surface area (Å²) in [5, 5.41) is 3.36. The van der Waals surface area contributed by atoms with Crippen molar-refractivity contribution in [1.29, 1.82) is 0 Å². The van der Waals surface area contributed by atoms with Crippen LogP contribution in [0.15, 0.2) is 12.4 Å². The zero-order chi connectivity index (χ0) is 10.7. The summed E-state index contributed by atoms with van der Waals surface area (Å²) in [6, 6.07) is 2.45. The van der Waals surface area contributed by atoms with Crippen LogP contribution in [0.5, 0.6) is 5.88 Å². The standard InChI is InChI=1S/C11H17N3O/c1-8(2)15-11-6-10(12-7-13-11)14-9-4-3-5-9/h6-9H,3-5H2,1-2H3,(H,12,13,14). The Morgan fingerprint density at radius 2 is 2.20 bits per heavy atom. The highest BCUT2D eigenvalue weighted by molar-refractivity contribution is 5.38. The molecule has 0 aromatic carbocycles. The van der Waals surface area contributed by atoms with Gasteiger partial charge in [0.25, 0.3) is 0 Å². The van der Waals surface area contributed by atoms with Crippen LogP contribution in [0.1, 0.15) is 33.1 Å². The van der Waals surface area contributed by atoms with Gasteiger partial charge in [-0.2, -0.15) is 0 Å². The second kappa shape index (κ2) is 4.47. The van der Waals surface area contributed by atoms with Crippen LogP contribution in [0.3, 0.4) is 0 Å². The molecule has 82 valence electrons. The Labute approximate surface area is 90.1 Å². The van der Waals surface area contributed by atoms with E-state index in [2.05, 4.69) is 15.3 Å². The van der Waals surface area contributed by atoms with Crippen molar-refractivity contribution in [1.82, 2.24) is 9.97 Å². The molecule has 1 aliphatic carbocycles. The first kappa shape index (κ1) is 10.2. The number of rotatable bonds is 4. The first-order valence-electron chi connectivity index (χ1n) is 5.49. The Morgan fingerprint density at radius 3 is 2.80 bits per heavy atom. The van der Waals surface area contributed by atoms with Crippen molar-refractivity contribution < 1.29 is 4.74 Å². The third kappa shape index (κ3) is 2.81. The van der Waals surface area contributed by atoms with E-state index < -0.39 is 0 Å². The predicted octanol–water partition coefficient (Wildman–Crippen LogP) is 2.23. The van der Waals surface area contributed by atoms with Crippen LogP contribution >= 0.6 is 0 Å². The van der Waals surface area contributed by atoms with Crippen LogP contribution in [-0.4, -0.2) is 22.1 Å². The fourth-order valence-corrected chi connectivity index (χ4v) is 1.49. The van der Waals surface area contributed by atoms with Crippen molar-refractivity contribution in [2.45, 2.75) is 45.3 Å². The normalized spacial score (nSPS) is 16.2. The molecule has 1 aromatic rings. The maximum absolute atomic E-state index is 5.50. The van der Waals surface area contributed by atoms with Gasteiger partial charge in [0.05, 0.1) is 6.10 Å². The number of nitrogens with one attached hydrogen (secondary N) is 1. The van der Waals surface area contributed by atoms with E-state index in [0.29, 0.717) is 11.9 Å². The molecule has 0 spiro atoms. The van der Waals surface area contributed by atoms with Gasteiger partial charge >= 0.3 is 0 Å². The maximum Gasteiger partial charge on any atom is 0.218 e. The van der Waals surface area contributed by atoms with Crippen molar-refractivity contribution >= 4 is 5.82 Å². The lowest BCUT2D eigenvalue weighted by Gasteiger charge is -2.26. The van der Waals surface area contributed by atoms with Crippen LogP contribution in [-0.2, 0) is 0 Å². The van der Waals surface area contributed by atoms with Gasteiger partial charge in [0, 0.05) is 12.1 Å². The number of nitrogens with zero attached hydrogens (tertiary/aromatic N) is 2. The minimum Gasteiger partial charge on any atom is -0.475 e. The van der Waals surface area contributed by atoms with Crippen molar-refractivity contribution in [3.63, 3.8) is 0 Å². The van der Waals surface area contributed by atoms with E-state index in [1.807, 2.05) is 19.9 Å². The topological polar surface area (TPSA) is 47.0 Å². The molecule has 4 heteroatoms. The van der Waals surface area contributed by atoms with Crippen molar-refractivity contribution in [2.75, 3.05) is 5.32 Å². The molecule has 1 fully saturated rings. The molecule has 1 aliphatic rings. The molecule has 1 N–H and O–H groups in total. The third-order valence-corrected chi connectivity index (χ3v) is 2.46. The highest BCUT2D eigenvalue weighted by atomic mass is 16.5. The molecule has 1 saturated carbocycles. The van der Waals surface area contributed by atoms with Gasteiger partial charge in [0.15, 0.2) is 0 Å². The number of hydrogen-bond acceptors (Lipinski definition) is 4. The van der Waals surface area contributed by atoms with Crippen LogP contribution in [0.2, 0.25) is 0 Å². The Kier molecular flexibility index (Phi) is 3.04. The zero-order valence-corrected chi connectivity index (χ0v) is 9.23. The fourth-order valence-electron chi connectivity index (χ4n) is 1.49. The van der Waals surface area contributed by atoms with Gasteiger partial charge in [-0.3, -0.25) is 0 Å². The van der Waals surface area contributed by atoms with Gasteiger partial charge in [0.2, 0.25) is 5.88 Å². The largest absolute Gasteiger partial charge is 0.475 e. The van der Waals surface area contributed by atoms with Gasteiger partial charge in [-0.25, -0.2) is 9.97 Å². The van der Waals surface area contributed by atoms with Crippen LogP contribution in [0.4, 0.5) is 5.82 Å². The minimum atomic E-state index is 0.149. The van der Waals surface area contributed by atoms with Crippen LogP contribution < -0.4 is 10.1 Å². The Bertz CT molecular complexity index is 323. The second-order valence-corrected chi connectivity index (χ2v) is 4.18. The fraction of sp³-hybridized carbons (Fsp3) is 0.636. The molecule has 1 heterocycles. The highest BCUT2D eigenvalue weighted by Crippen LogP contribution is 2.23. The first-order chi connectivity index (χ1) is 7.24. The molecule has 15 heavy (non-hydrogen) atoms. The average Bonchev–Trinajstić information content (AvgIpc) is 2.11. The lowest BCUT2D eigenvalue weighted by Crippen LogP contribution is -2.27. The lowest BCUT2D eigenvalue weighted by atomic mass is 9.93. The average molecular weight is 207 g/mol. The molecule has 0 saturated heterocycles. The Balaban J connectivity index is 1.98. The first-order valence-corrected chi connectivity index (χ1v) is 5.49. The highest BCUT2D eigenvalue weighted by Gasteiger charge is 2.17. The minimum absolute atomic E-state index is 0.149. The second-order valence-electron chi connectivity index (χ2n) is 4.18. The quantitative estimate of drug-likeness (QED) is 0.822. The summed E-state index contributed by atoms with van der Waals surface area (Å²) in [5.41, 5.74) is 0. The molecule has 0 radical (unpaired) electrons. The van der Waals surface area contributed by atoms with Gasteiger partial charge in [-0.1, -0.05) is 0 Å². The zero-order valence-electron chi connectivity index (χ0n) is 9.23. The van der Waals surface area contributed by atoms with Crippen molar-refractivity contribution in [3.05, 3.63) is 12.4 Å². The predicted molar refractivity (Wildman–Crippen MR) is 59.1 cm³/mol. The smallest absolute Gasteiger partial charge is 0.218 e. The van der Waals surface area contributed by atoms with Gasteiger partial charge in [-0.05, 0) is 33.1 Å². The summed E-state index contributed by atoms with van der Waals surface area (Å²) in [5.74, 6) is 1.51. The molecule has 1 aromatic heterocycles. The summed E-state index contributed by atoms with van der Waals surface area (Å²) in [4.78, 5) is 8.22. The molecule has 0 atom stereocenters. The van der Waals surface area contributed by atoms with E-state index in [1.54, 1.807) is 6.33 Å². The van der Waals surface area contributed by atoms with E-state index in [9.17, 15) is 0 Å². The molecule has 4 nitrogen and oxygen atoms in total. The van der Waals surface area contributed by atoms with Crippen molar-refractivity contribution in [2.24, 2.45) is 0 Å². The van der Waals surface area contributed by atoms with E-state index in [0.717, 1.165) is 5.82 Å². The van der Waals surface area contributed by atoms with E-state index >= 15 is 0 Å². The molecule has 2 rings (SSSR count). The SMILES string of the molecule is CC(C)Oc1cc(NC2CCC2)ncn1. The van der Waals surface area contributed by atoms with E-state index in [4.69, 9.17) is 4.74 Å². The summed E-state index contributed by atoms with van der Waals surface area (Å²) in [7, 11) is 0. The monoisotopic (exact) mass is 207 g/mol. The summed E-state index contributed by atoms with van der Waals surface area (Å²) in [6.07, 6.45) is 5.49. The number of hydrogen-bond donors (Lipinski definition) is 1. The van der Waals surface area contributed by atoms with E-state index in [-0.39, 0.29) is 6.10 Å². The molecular weight excluding hydrogens is 190 g/mol. The third-order valence-electron chi connectivity index (χ3n) is 2.46. The number of aromatic nitrogens is 2. The van der Waals surface area contributed by atoms with Gasteiger partial charge in [0.1, 0.15) is 12.1 Å². The molecule has 0 aliphatic heterocycles. The molecule has 0 amide bonds. The van der Waals surface area contributed by atoms with Crippen molar-refractivity contribution in [3.8, 4) is 5.88 Å². The molecular formula is C11H17N3O. The summed E-state index contributed by atoms with van der Waals surface area (Å²) < 4.78 is 5.50. The molecule has 0 bridgehead atoms. The maximum atomic E-state index is 5.50. The Hall–Kier alpha value is -1.32. The summed E-state index contributed by atoms with van der Waals surface area (Å²) >= 11 is 0. The van der Waals surface area contributed by atoms with E-state index in [1.165, 1.54) is 19.3 Å². The van der Waals surface area contributed by atoms with Gasteiger partial charge < -0.3 is 10.1 Å². The number of anilines is 1. The Morgan fingerprint density at radius 1 is 1.40 bits per heavy atom. The van der Waals surface area contributed by atoms with Gasteiger partial charge in [-0.15, -0.1) is 0 Å². The van der Waals surface area contributed by atoms with Crippen LogP contribution in [0.25, 0.3) is 0 Å². The summed E-state index contributed by atoms with van der Waals surface area (Å²) in [6.45, 7) is 3.97. The molecule has 0 unspecified atom stereocenters.